The quantitative estimate of drug-likeness (QED) is 0.675. The van der Waals surface area contributed by atoms with E-state index in [1.807, 2.05) is 36.4 Å². The average molecular weight is 352 g/mol. The Hall–Kier alpha value is -3.48. The number of allylic oxidation sites excluding steroid dienone is 1. The van der Waals surface area contributed by atoms with Crippen LogP contribution in [0.15, 0.2) is 53.6 Å². The van der Waals surface area contributed by atoms with Gasteiger partial charge in [0.25, 0.3) is 5.91 Å². The normalized spacial score (nSPS) is 17.6. The monoisotopic (exact) mass is 352 g/mol. The molecular formula is C19H16N2O5. The average Bonchev–Trinajstić information content (AvgIpc) is 3.15. The van der Waals surface area contributed by atoms with Crippen molar-refractivity contribution in [1.82, 2.24) is 5.43 Å². The molecule has 7 nitrogen and oxygen atoms in total. The number of carbonyl (C=O) groups excluding carboxylic acids is 1. The number of nitrogens with one attached hydrogen (secondary N) is 1. The third-order valence-corrected chi connectivity index (χ3v) is 3.82. The topological polar surface area (TPSA) is 78.4 Å². The van der Waals surface area contributed by atoms with Crippen LogP contribution in [-0.2, 0) is 4.79 Å². The Labute approximate surface area is 149 Å². The van der Waals surface area contributed by atoms with Crippen LogP contribution in [0.3, 0.4) is 0 Å². The number of benzene rings is 2. The first kappa shape index (κ1) is 16.0. The maximum absolute atomic E-state index is 12.1. The molecule has 7 heteroatoms. The van der Waals surface area contributed by atoms with E-state index in [2.05, 4.69) is 10.5 Å². The molecule has 0 radical (unpaired) electrons. The van der Waals surface area contributed by atoms with Gasteiger partial charge < -0.3 is 18.9 Å². The number of hydrogen-bond donors (Lipinski definition) is 1. The molecule has 0 spiro atoms. The van der Waals surface area contributed by atoms with Gasteiger partial charge in [0.15, 0.2) is 23.0 Å². The lowest BCUT2D eigenvalue weighted by Crippen LogP contribution is -2.42. The molecule has 0 aromatic heterocycles. The van der Waals surface area contributed by atoms with E-state index < -0.39 is 6.10 Å². The lowest BCUT2D eigenvalue weighted by molar-refractivity contribution is -0.130. The lowest BCUT2D eigenvalue weighted by atomic mass is 10.2. The van der Waals surface area contributed by atoms with Crippen molar-refractivity contribution in [2.45, 2.75) is 6.10 Å². The first-order chi connectivity index (χ1) is 12.8. The van der Waals surface area contributed by atoms with Crippen LogP contribution < -0.4 is 24.4 Å². The highest BCUT2D eigenvalue weighted by atomic mass is 16.7. The van der Waals surface area contributed by atoms with Crippen molar-refractivity contribution < 1.29 is 23.7 Å². The van der Waals surface area contributed by atoms with E-state index in [4.69, 9.17) is 18.9 Å². The Morgan fingerprint density at radius 1 is 1.04 bits per heavy atom. The van der Waals surface area contributed by atoms with Gasteiger partial charge in [-0.25, -0.2) is 5.43 Å². The van der Waals surface area contributed by atoms with Crippen molar-refractivity contribution in [2.75, 3.05) is 13.4 Å². The number of hydrogen-bond acceptors (Lipinski definition) is 6. The van der Waals surface area contributed by atoms with Gasteiger partial charge in [0.2, 0.25) is 12.9 Å². The minimum Gasteiger partial charge on any atom is -0.485 e. The van der Waals surface area contributed by atoms with Crippen LogP contribution in [0.5, 0.6) is 23.0 Å². The summed E-state index contributed by atoms with van der Waals surface area (Å²) >= 11 is 0. The third kappa shape index (κ3) is 3.46. The second-order valence-corrected chi connectivity index (χ2v) is 5.59. The molecule has 26 heavy (non-hydrogen) atoms. The molecule has 4 rings (SSSR count). The van der Waals surface area contributed by atoms with Crippen LogP contribution in [0.1, 0.15) is 5.56 Å². The smallest absolute Gasteiger partial charge is 0.284 e. The number of carbonyl (C=O) groups is 1. The standard InChI is InChI=1S/C19H16N2O5/c22-19(18-11-23-14-5-1-2-6-16(14)26-18)21-20-9-3-4-13-7-8-15-17(10-13)25-12-24-15/h1-10,18H,11-12H2,(H,21,22)/b4-3+,20-9+. The van der Waals surface area contributed by atoms with E-state index in [1.54, 1.807) is 18.2 Å². The molecule has 2 aliphatic heterocycles. The minimum absolute atomic E-state index is 0.144. The van der Waals surface area contributed by atoms with Gasteiger partial charge in [-0.05, 0) is 35.9 Å². The number of amides is 1. The summed E-state index contributed by atoms with van der Waals surface area (Å²) in [5, 5.41) is 3.89. The SMILES string of the molecule is O=C(N/N=C/C=C/c1ccc2c(c1)OCO2)C1COc2ccccc2O1. The van der Waals surface area contributed by atoms with Crippen LogP contribution >= 0.6 is 0 Å². The number of hydrazone groups is 1. The molecule has 1 amide bonds. The zero-order valence-electron chi connectivity index (χ0n) is 13.8. The van der Waals surface area contributed by atoms with Gasteiger partial charge in [-0.2, -0.15) is 5.10 Å². The molecule has 0 aliphatic carbocycles. The van der Waals surface area contributed by atoms with Crippen LogP contribution in [0, 0.1) is 0 Å². The Bertz CT molecular complexity index is 878. The first-order valence-corrected chi connectivity index (χ1v) is 8.07. The van der Waals surface area contributed by atoms with Crippen molar-refractivity contribution in [3.8, 4) is 23.0 Å². The lowest BCUT2D eigenvalue weighted by Gasteiger charge is -2.24. The summed E-state index contributed by atoms with van der Waals surface area (Å²) in [7, 11) is 0. The van der Waals surface area contributed by atoms with Crippen molar-refractivity contribution in [2.24, 2.45) is 5.10 Å². The fourth-order valence-electron chi connectivity index (χ4n) is 2.54. The van der Waals surface area contributed by atoms with E-state index in [1.165, 1.54) is 6.21 Å². The van der Waals surface area contributed by atoms with Crippen LogP contribution in [0.25, 0.3) is 6.08 Å². The van der Waals surface area contributed by atoms with Gasteiger partial charge in [-0.15, -0.1) is 0 Å². The molecule has 2 aliphatic rings. The highest BCUT2D eigenvalue weighted by Crippen LogP contribution is 2.33. The van der Waals surface area contributed by atoms with Gasteiger partial charge in [0, 0.05) is 6.21 Å². The number of nitrogens with zero attached hydrogens (tertiary/aromatic N) is 1. The van der Waals surface area contributed by atoms with Crippen molar-refractivity contribution in [1.29, 1.82) is 0 Å². The Balaban J connectivity index is 1.29. The Morgan fingerprint density at radius 3 is 2.77 bits per heavy atom. The molecule has 1 N–H and O–H groups in total. The van der Waals surface area contributed by atoms with E-state index in [9.17, 15) is 4.79 Å². The highest BCUT2D eigenvalue weighted by Gasteiger charge is 2.26. The van der Waals surface area contributed by atoms with Crippen LogP contribution in [-0.4, -0.2) is 31.6 Å². The zero-order chi connectivity index (χ0) is 17.8. The number of fused-ring (bicyclic) bond motifs is 2. The molecule has 2 aromatic rings. The molecule has 0 saturated carbocycles. The second-order valence-electron chi connectivity index (χ2n) is 5.59. The van der Waals surface area contributed by atoms with Crippen molar-refractivity contribution in [3.63, 3.8) is 0 Å². The highest BCUT2D eigenvalue weighted by molar-refractivity contribution is 5.84. The molecule has 1 unspecified atom stereocenters. The fourth-order valence-corrected chi connectivity index (χ4v) is 2.54. The van der Waals surface area contributed by atoms with E-state index in [0.717, 1.165) is 11.3 Å². The number of rotatable bonds is 4. The van der Waals surface area contributed by atoms with Gasteiger partial charge in [0.1, 0.15) is 6.61 Å². The molecule has 0 bridgehead atoms. The summed E-state index contributed by atoms with van der Waals surface area (Å²) in [6.45, 7) is 0.388. The molecule has 132 valence electrons. The van der Waals surface area contributed by atoms with Crippen LogP contribution in [0.2, 0.25) is 0 Å². The van der Waals surface area contributed by atoms with E-state index in [-0.39, 0.29) is 19.3 Å². The Morgan fingerprint density at radius 2 is 1.85 bits per heavy atom. The summed E-state index contributed by atoms with van der Waals surface area (Å²) in [5.74, 6) is 2.26. The molecule has 0 saturated heterocycles. The van der Waals surface area contributed by atoms with E-state index in [0.29, 0.717) is 17.2 Å². The summed E-state index contributed by atoms with van der Waals surface area (Å²) < 4.78 is 21.7. The van der Waals surface area contributed by atoms with Crippen molar-refractivity contribution in [3.05, 3.63) is 54.1 Å². The largest absolute Gasteiger partial charge is 0.485 e. The first-order valence-electron chi connectivity index (χ1n) is 8.07. The zero-order valence-corrected chi connectivity index (χ0v) is 13.8. The summed E-state index contributed by atoms with van der Waals surface area (Å²) in [4.78, 5) is 12.1. The van der Waals surface area contributed by atoms with Gasteiger partial charge in [-0.3, -0.25) is 4.79 Å². The molecule has 1 atom stereocenters. The molecular weight excluding hydrogens is 336 g/mol. The van der Waals surface area contributed by atoms with E-state index >= 15 is 0 Å². The van der Waals surface area contributed by atoms with Crippen molar-refractivity contribution >= 4 is 18.2 Å². The predicted molar refractivity (Wildman–Crippen MR) is 94.6 cm³/mol. The third-order valence-electron chi connectivity index (χ3n) is 3.82. The van der Waals surface area contributed by atoms with Gasteiger partial charge >= 0.3 is 0 Å². The fraction of sp³-hybridized carbons (Fsp3) is 0.158. The summed E-state index contributed by atoms with van der Waals surface area (Å²) in [6.07, 6.45) is 4.30. The molecule has 2 heterocycles. The minimum atomic E-state index is -0.736. The van der Waals surface area contributed by atoms with Gasteiger partial charge in [-0.1, -0.05) is 24.3 Å². The summed E-state index contributed by atoms with van der Waals surface area (Å²) in [5.41, 5.74) is 3.38. The Kier molecular flexibility index (Phi) is 4.42. The number of ether oxygens (including phenoxy) is 4. The second kappa shape index (κ2) is 7.18. The number of para-hydroxylation sites is 2. The van der Waals surface area contributed by atoms with Crippen LogP contribution in [0.4, 0.5) is 0 Å². The summed E-state index contributed by atoms with van der Waals surface area (Å²) in [6, 6.07) is 12.8. The maximum Gasteiger partial charge on any atom is 0.284 e. The van der Waals surface area contributed by atoms with Gasteiger partial charge in [0.05, 0.1) is 0 Å². The maximum atomic E-state index is 12.1. The molecule has 0 fully saturated rings. The molecule has 2 aromatic carbocycles. The predicted octanol–water partition coefficient (Wildman–Crippen LogP) is 2.37.